The van der Waals surface area contributed by atoms with Gasteiger partial charge in [-0.3, -0.25) is 0 Å². The minimum atomic E-state index is 0.398. The molecular formula is C17H26BrNO. The largest absolute Gasteiger partial charge is 0.497 e. The van der Waals surface area contributed by atoms with Gasteiger partial charge in [0, 0.05) is 22.3 Å². The molecule has 1 fully saturated rings. The highest BCUT2D eigenvalue weighted by Gasteiger charge is 2.38. The van der Waals surface area contributed by atoms with Gasteiger partial charge in [-0.05, 0) is 42.2 Å². The molecule has 0 aromatic heterocycles. The van der Waals surface area contributed by atoms with Crippen LogP contribution in [0.4, 0.5) is 5.69 Å². The van der Waals surface area contributed by atoms with Crippen LogP contribution in [0.5, 0.6) is 5.75 Å². The van der Waals surface area contributed by atoms with Crippen molar-refractivity contribution in [1.82, 2.24) is 0 Å². The molecule has 20 heavy (non-hydrogen) atoms. The maximum absolute atomic E-state index is 5.34. The van der Waals surface area contributed by atoms with Crippen LogP contribution >= 0.6 is 15.9 Å². The van der Waals surface area contributed by atoms with Crippen LogP contribution in [0.3, 0.4) is 0 Å². The van der Waals surface area contributed by atoms with Crippen molar-refractivity contribution in [2.45, 2.75) is 53.0 Å². The van der Waals surface area contributed by atoms with E-state index in [0.29, 0.717) is 16.9 Å². The fraction of sp³-hybridized carbons (Fsp3) is 0.647. The van der Waals surface area contributed by atoms with Crippen LogP contribution in [0.1, 0.15) is 47.0 Å². The Labute approximate surface area is 131 Å². The first-order valence-corrected chi connectivity index (χ1v) is 8.10. The number of hydrogen-bond donors (Lipinski definition) is 1. The van der Waals surface area contributed by atoms with Crippen molar-refractivity contribution in [3.8, 4) is 5.75 Å². The summed E-state index contributed by atoms with van der Waals surface area (Å²) in [6, 6.07) is 6.70. The molecule has 1 saturated carbocycles. The molecule has 1 aromatic carbocycles. The first kappa shape index (κ1) is 15.7. The van der Waals surface area contributed by atoms with Crippen LogP contribution in [0.2, 0.25) is 0 Å². The van der Waals surface area contributed by atoms with Gasteiger partial charge in [0.15, 0.2) is 0 Å². The van der Waals surface area contributed by atoms with Gasteiger partial charge in [0.1, 0.15) is 5.75 Å². The number of anilines is 1. The van der Waals surface area contributed by atoms with Gasteiger partial charge in [-0.25, -0.2) is 0 Å². The molecule has 1 aromatic rings. The van der Waals surface area contributed by atoms with Crippen LogP contribution < -0.4 is 10.1 Å². The van der Waals surface area contributed by atoms with E-state index >= 15 is 0 Å². The molecule has 1 N–H and O–H groups in total. The summed E-state index contributed by atoms with van der Waals surface area (Å²) in [7, 11) is 1.71. The lowest BCUT2D eigenvalue weighted by atomic mass is 9.63. The van der Waals surface area contributed by atoms with E-state index in [9.17, 15) is 0 Å². The van der Waals surface area contributed by atoms with Crippen LogP contribution in [-0.4, -0.2) is 13.2 Å². The number of halogens is 1. The lowest BCUT2D eigenvalue weighted by molar-refractivity contribution is 0.105. The predicted molar refractivity (Wildman–Crippen MR) is 89.5 cm³/mol. The number of benzene rings is 1. The van der Waals surface area contributed by atoms with Crippen molar-refractivity contribution in [1.29, 1.82) is 0 Å². The molecule has 0 saturated heterocycles. The normalized spacial score (nSPS) is 21.5. The van der Waals surface area contributed by atoms with E-state index < -0.39 is 0 Å². The highest BCUT2D eigenvalue weighted by atomic mass is 79.9. The summed E-state index contributed by atoms with van der Waals surface area (Å²) in [5, 5.41) is 3.70. The van der Waals surface area contributed by atoms with Crippen LogP contribution in [-0.2, 0) is 0 Å². The quantitative estimate of drug-likeness (QED) is 0.787. The smallest absolute Gasteiger partial charge is 0.122 e. The average Bonchev–Trinajstić information content (AvgIpc) is 2.23. The average molecular weight is 340 g/mol. The molecule has 0 atom stereocenters. The number of methoxy groups -OCH3 is 1. The van der Waals surface area contributed by atoms with E-state index in [1.54, 1.807) is 7.11 Å². The third-order valence-corrected chi connectivity index (χ3v) is 4.49. The van der Waals surface area contributed by atoms with E-state index in [4.69, 9.17) is 4.74 Å². The Morgan fingerprint density at radius 1 is 1.10 bits per heavy atom. The lowest BCUT2D eigenvalue weighted by Crippen LogP contribution is -2.40. The SMILES string of the molecule is COc1cc(Br)cc(NC2CC(C)(C)CC(C)(C)C2)c1. The predicted octanol–water partition coefficient (Wildman–Crippen LogP) is 5.47. The maximum Gasteiger partial charge on any atom is 0.122 e. The summed E-state index contributed by atoms with van der Waals surface area (Å²) >= 11 is 3.54. The molecule has 1 aliphatic rings. The second-order valence-corrected chi connectivity index (χ2v) is 8.55. The minimum absolute atomic E-state index is 0.398. The van der Waals surface area contributed by atoms with E-state index in [1.165, 1.54) is 19.3 Å². The van der Waals surface area contributed by atoms with Gasteiger partial charge >= 0.3 is 0 Å². The summed E-state index contributed by atoms with van der Waals surface area (Å²) in [5.41, 5.74) is 1.93. The number of hydrogen-bond acceptors (Lipinski definition) is 2. The highest BCUT2D eigenvalue weighted by molar-refractivity contribution is 9.10. The van der Waals surface area contributed by atoms with Crippen LogP contribution in [0.25, 0.3) is 0 Å². The standard InChI is InChI=1S/C17H26BrNO/c1-16(2)9-14(10-17(3,4)11-16)19-13-6-12(18)7-15(8-13)20-5/h6-8,14,19H,9-11H2,1-5H3. The molecule has 0 bridgehead atoms. The van der Waals surface area contributed by atoms with Crippen molar-refractivity contribution < 1.29 is 4.74 Å². The van der Waals surface area contributed by atoms with Crippen molar-refractivity contribution in [3.05, 3.63) is 22.7 Å². The molecule has 0 unspecified atom stereocenters. The monoisotopic (exact) mass is 339 g/mol. The summed E-state index contributed by atoms with van der Waals surface area (Å²) in [5.74, 6) is 0.885. The summed E-state index contributed by atoms with van der Waals surface area (Å²) < 4.78 is 6.39. The van der Waals surface area contributed by atoms with Crippen molar-refractivity contribution >= 4 is 21.6 Å². The van der Waals surface area contributed by atoms with Crippen molar-refractivity contribution in [2.24, 2.45) is 10.8 Å². The van der Waals surface area contributed by atoms with Gasteiger partial charge in [0.25, 0.3) is 0 Å². The van der Waals surface area contributed by atoms with Gasteiger partial charge < -0.3 is 10.1 Å². The molecule has 3 heteroatoms. The Morgan fingerprint density at radius 2 is 1.70 bits per heavy atom. The third kappa shape index (κ3) is 4.15. The van der Waals surface area contributed by atoms with Crippen molar-refractivity contribution in [3.63, 3.8) is 0 Å². The molecule has 2 nitrogen and oxygen atoms in total. The molecule has 0 spiro atoms. The van der Waals surface area contributed by atoms with Gasteiger partial charge in [-0.1, -0.05) is 43.6 Å². The highest BCUT2D eigenvalue weighted by Crippen LogP contribution is 2.46. The second-order valence-electron chi connectivity index (χ2n) is 7.63. The fourth-order valence-electron chi connectivity index (χ4n) is 3.95. The van der Waals surface area contributed by atoms with Gasteiger partial charge in [0.2, 0.25) is 0 Å². The van der Waals surface area contributed by atoms with Gasteiger partial charge in [-0.2, -0.15) is 0 Å². The molecule has 112 valence electrons. The molecule has 2 rings (SSSR count). The molecule has 0 aliphatic heterocycles. The maximum atomic E-state index is 5.34. The molecule has 0 radical (unpaired) electrons. The zero-order valence-corrected chi connectivity index (χ0v) is 14.8. The molecule has 0 amide bonds. The summed E-state index contributed by atoms with van der Waals surface area (Å²) in [6.45, 7) is 9.52. The first-order valence-electron chi connectivity index (χ1n) is 7.30. The van der Waals surface area contributed by atoms with E-state index in [1.807, 2.05) is 6.07 Å². The van der Waals surface area contributed by atoms with Gasteiger partial charge in [0.05, 0.1) is 7.11 Å². The molecule has 0 heterocycles. The molecular weight excluding hydrogens is 314 g/mol. The third-order valence-electron chi connectivity index (χ3n) is 4.03. The topological polar surface area (TPSA) is 21.3 Å². The van der Waals surface area contributed by atoms with E-state index in [2.05, 4.69) is 61.1 Å². The summed E-state index contributed by atoms with van der Waals surface area (Å²) in [6.07, 6.45) is 3.72. The van der Waals surface area contributed by atoms with E-state index in [-0.39, 0.29) is 0 Å². The number of rotatable bonds is 3. The number of ether oxygens (including phenoxy) is 1. The van der Waals surface area contributed by atoms with Crippen LogP contribution in [0, 0.1) is 10.8 Å². The summed E-state index contributed by atoms with van der Waals surface area (Å²) in [4.78, 5) is 0. The first-order chi connectivity index (χ1) is 9.19. The second kappa shape index (κ2) is 5.59. The fourth-order valence-corrected chi connectivity index (χ4v) is 4.42. The zero-order valence-electron chi connectivity index (χ0n) is 13.2. The van der Waals surface area contributed by atoms with Crippen LogP contribution in [0.15, 0.2) is 22.7 Å². The Hall–Kier alpha value is -0.700. The van der Waals surface area contributed by atoms with Crippen molar-refractivity contribution in [2.75, 3.05) is 12.4 Å². The van der Waals surface area contributed by atoms with Gasteiger partial charge in [-0.15, -0.1) is 0 Å². The Kier molecular flexibility index (Phi) is 4.38. The minimum Gasteiger partial charge on any atom is -0.497 e. The Morgan fingerprint density at radius 3 is 2.25 bits per heavy atom. The van der Waals surface area contributed by atoms with E-state index in [0.717, 1.165) is 15.9 Å². The molecule has 1 aliphatic carbocycles. The lowest BCUT2D eigenvalue weighted by Gasteiger charge is -2.45. The number of nitrogens with one attached hydrogen (secondary N) is 1. The zero-order chi connectivity index (χ0) is 15.0. The Bertz CT molecular complexity index is 466. The Balaban J connectivity index is 2.15.